The zero-order valence-electron chi connectivity index (χ0n) is 9.18. The third-order valence-corrected chi connectivity index (χ3v) is 3.59. The van der Waals surface area contributed by atoms with Gasteiger partial charge in [-0.2, -0.15) is 5.26 Å². The van der Waals surface area contributed by atoms with E-state index in [1.807, 2.05) is 19.9 Å². The van der Waals surface area contributed by atoms with Gasteiger partial charge in [-0.1, -0.05) is 22.0 Å². The van der Waals surface area contributed by atoms with Gasteiger partial charge in [0, 0.05) is 16.8 Å². The number of rotatable bonds is 1. The van der Waals surface area contributed by atoms with E-state index in [1.54, 1.807) is 0 Å². The molecule has 0 aromatic rings. The van der Waals surface area contributed by atoms with Gasteiger partial charge in [0.2, 0.25) is 0 Å². The number of fused-ring (bicyclic) bond motifs is 1. The highest BCUT2D eigenvalue weighted by atomic mass is 79.9. The van der Waals surface area contributed by atoms with Crippen molar-refractivity contribution in [3.63, 3.8) is 0 Å². The minimum Gasteiger partial charge on any atom is -0.390 e. The highest BCUT2D eigenvalue weighted by Gasteiger charge is 2.50. The second-order valence-corrected chi connectivity index (χ2v) is 5.50. The maximum Gasteiger partial charge on any atom is 0.164 e. The molecule has 2 rings (SSSR count). The van der Waals surface area contributed by atoms with Crippen LogP contribution in [-0.4, -0.2) is 29.2 Å². The normalized spacial score (nSPS) is 41.1. The summed E-state index contributed by atoms with van der Waals surface area (Å²) in [4.78, 5) is 0. The third kappa shape index (κ3) is 2.03. The molecule has 1 saturated heterocycles. The number of hydrogen-bond donors (Lipinski definition) is 1. The number of aliphatic hydroxyl groups is 1. The van der Waals surface area contributed by atoms with Crippen molar-refractivity contribution in [3.05, 3.63) is 10.6 Å². The lowest BCUT2D eigenvalue weighted by atomic mass is 9.87. The van der Waals surface area contributed by atoms with Crippen LogP contribution in [0.5, 0.6) is 0 Å². The van der Waals surface area contributed by atoms with Gasteiger partial charge in [-0.3, -0.25) is 0 Å². The molecule has 0 aromatic carbocycles. The predicted molar refractivity (Wildman–Crippen MR) is 60.6 cm³/mol. The summed E-state index contributed by atoms with van der Waals surface area (Å²) in [5.74, 6) is -0.886. The SMILES string of the molecule is CC1(C)O[C@H]2[C@H](O)[C@@H](CC#N)C=C(Br)[C@H]2O1. The number of nitrogens with zero attached hydrogens (tertiary/aromatic N) is 1. The topological polar surface area (TPSA) is 62.5 Å². The van der Waals surface area contributed by atoms with Crippen LogP contribution >= 0.6 is 15.9 Å². The maximum atomic E-state index is 10.1. The maximum absolute atomic E-state index is 10.1. The molecule has 5 heteroatoms. The Balaban J connectivity index is 2.24. The van der Waals surface area contributed by atoms with Crippen LogP contribution in [-0.2, 0) is 9.47 Å². The summed E-state index contributed by atoms with van der Waals surface area (Å²) < 4.78 is 12.2. The van der Waals surface area contributed by atoms with Gasteiger partial charge in [0.15, 0.2) is 5.79 Å². The van der Waals surface area contributed by atoms with E-state index >= 15 is 0 Å². The summed E-state index contributed by atoms with van der Waals surface area (Å²) in [7, 11) is 0. The van der Waals surface area contributed by atoms with Crippen molar-refractivity contribution in [2.75, 3.05) is 0 Å². The van der Waals surface area contributed by atoms with Crippen molar-refractivity contribution < 1.29 is 14.6 Å². The van der Waals surface area contributed by atoms with E-state index in [0.29, 0.717) is 0 Å². The molecule has 0 spiro atoms. The van der Waals surface area contributed by atoms with Gasteiger partial charge in [0.1, 0.15) is 12.2 Å². The van der Waals surface area contributed by atoms with Crippen LogP contribution in [0.1, 0.15) is 20.3 Å². The van der Waals surface area contributed by atoms with Crippen molar-refractivity contribution in [1.82, 2.24) is 0 Å². The molecule has 1 aliphatic heterocycles. The fraction of sp³-hybridized carbons (Fsp3) is 0.727. The summed E-state index contributed by atoms with van der Waals surface area (Å²) >= 11 is 3.42. The third-order valence-electron chi connectivity index (χ3n) is 2.88. The van der Waals surface area contributed by atoms with E-state index in [1.165, 1.54) is 0 Å². The summed E-state index contributed by atoms with van der Waals surface area (Å²) in [6.45, 7) is 3.63. The molecule has 0 bridgehead atoms. The Labute approximate surface area is 103 Å². The average molecular weight is 288 g/mol. The van der Waals surface area contributed by atoms with Gasteiger partial charge in [-0.05, 0) is 13.8 Å². The van der Waals surface area contributed by atoms with Gasteiger partial charge in [0.25, 0.3) is 0 Å². The minimum atomic E-state index is -0.690. The smallest absolute Gasteiger partial charge is 0.164 e. The van der Waals surface area contributed by atoms with E-state index in [0.717, 1.165) is 4.48 Å². The van der Waals surface area contributed by atoms with Crippen LogP contribution in [0.3, 0.4) is 0 Å². The van der Waals surface area contributed by atoms with E-state index in [9.17, 15) is 5.11 Å². The van der Waals surface area contributed by atoms with Crippen LogP contribution in [0.4, 0.5) is 0 Å². The Morgan fingerprint density at radius 3 is 2.88 bits per heavy atom. The van der Waals surface area contributed by atoms with E-state index in [4.69, 9.17) is 14.7 Å². The summed E-state index contributed by atoms with van der Waals surface area (Å²) in [6, 6.07) is 2.07. The second-order valence-electron chi connectivity index (χ2n) is 4.59. The summed E-state index contributed by atoms with van der Waals surface area (Å²) in [6.07, 6.45) is 0.781. The molecule has 0 radical (unpaired) electrons. The molecular weight excluding hydrogens is 274 g/mol. The lowest BCUT2D eigenvalue weighted by molar-refractivity contribution is -0.155. The van der Waals surface area contributed by atoms with Gasteiger partial charge in [0.05, 0.1) is 12.2 Å². The molecule has 4 nitrogen and oxygen atoms in total. The van der Waals surface area contributed by atoms with Crippen molar-refractivity contribution in [1.29, 1.82) is 5.26 Å². The van der Waals surface area contributed by atoms with E-state index in [2.05, 4.69) is 22.0 Å². The van der Waals surface area contributed by atoms with Crippen molar-refractivity contribution in [2.45, 2.75) is 44.4 Å². The van der Waals surface area contributed by atoms with Crippen LogP contribution < -0.4 is 0 Å². The molecule has 1 aliphatic carbocycles. The number of hydrogen-bond acceptors (Lipinski definition) is 4. The predicted octanol–water partition coefficient (Wildman–Crippen LogP) is 1.69. The molecule has 4 atom stereocenters. The number of nitriles is 1. The van der Waals surface area contributed by atoms with E-state index in [-0.39, 0.29) is 18.4 Å². The highest BCUT2D eigenvalue weighted by Crippen LogP contribution is 2.41. The van der Waals surface area contributed by atoms with Crippen LogP contribution in [0.25, 0.3) is 0 Å². The molecule has 0 amide bonds. The second kappa shape index (κ2) is 4.11. The van der Waals surface area contributed by atoms with E-state index < -0.39 is 18.0 Å². The van der Waals surface area contributed by atoms with Crippen molar-refractivity contribution in [3.8, 4) is 6.07 Å². The minimum absolute atomic E-state index is 0.196. The quantitative estimate of drug-likeness (QED) is 0.797. The largest absolute Gasteiger partial charge is 0.390 e. The lowest BCUT2D eigenvalue weighted by Gasteiger charge is -2.31. The average Bonchev–Trinajstić information content (AvgIpc) is 2.51. The summed E-state index contributed by atoms with van der Waals surface area (Å²) in [5.41, 5.74) is 0. The molecule has 16 heavy (non-hydrogen) atoms. The summed E-state index contributed by atoms with van der Waals surface area (Å²) in [5, 5.41) is 18.8. The molecule has 0 saturated carbocycles. The van der Waals surface area contributed by atoms with Gasteiger partial charge < -0.3 is 14.6 Å². The fourth-order valence-electron chi connectivity index (χ4n) is 2.18. The van der Waals surface area contributed by atoms with Crippen LogP contribution in [0, 0.1) is 17.2 Å². The molecule has 0 aromatic heterocycles. The first kappa shape index (κ1) is 12.1. The monoisotopic (exact) mass is 287 g/mol. The number of aliphatic hydroxyl groups excluding tert-OH is 1. The Bertz CT molecular complexity index is 361. The first-order valence-electron chi connectivity index (χ1n) is 5.22. The van der Waals surface area contributed by atoms with Crippen molar-refractivity contribution in [2.24, 2.45) is 5.92 Å². The number of halogens is 1. The molecule has 1 fully saturated rings. The van der Waals surface area contributed by atoms with Gasteiger partial charge >= 0.3 is 0 Å². The van der Waals surface area contributed by atoms with Crippen LogP contribution in [0.15, 0.2) is 10.6 Å². The Hall–Kier alpha value is -0.410. The van der Waals surface area contributed by atoms with Gasteiger partial charge in [-0.15, -0.1) is 0 Å². The standard InChI is InChI=1S/C11H14BrNO3/c1-11(2)15-9-7(12)5-6(3-4-13)8(14)10(9)16-11/h5-6,8-10,14H,3H2,1-2H3/t6-,8+,9+,10-/m0/s1. The highest BCUT2D eigenvalue weighted by molar-refractivity contribution is 9.11. The Kier molecular flexibility index (Phi) is 3.10. The zero-order valence-corrected chi connectivity index (χ0v) is 10.8. The van der Waals surface area contributed by atoms with Crippen LogP contribution in [0.2, 0.25) is 0 Å². The Morgan fingerprint density at radius 2 is 2.25 bits per heavy atom. The molecule has 1 N–H and O–H groups in total. The first-order valence-corrected chi connectivity index (χ1v) is 6.02. The fourth-order valence-corrected chi connectivity index (χ4v) is 2.87. The number of ether oxygens (including phenoxy) is 2. The zero-order chi connectivity index (χ0) is 11.9. The molecule has 2 aliphatic rings. The first-order chi connectivity index (χ1) is 7.44. The molecular formula is C11H14BrNO3. The molecule has 1 heterocycles. The molecule has 0 unspecified atom stereocenters. The Morgan fingerprint density at radius 1 is 1.56 bits per heavy atom. The molecule has 88 valence electrons. The van der Waals surface area contributed by atoms with Gasteiger partial charge in [-0.25, -0.2) is 0 Å². The lowest BCUT2D eigenvalue weighted by Crippen LogP contribution is -2.43. The van der Waals surface area contributed by atoms with Crippen molar-refractivity contribution >= 4 is 15.9 Å².